The van der Waals surface area contributed by atoms with Gasteiger partial charge in [-0.15, -0.1) is 0 Å². The lowest BCUT2D eigenvalue weighted by Gasteiger charge is -2.08. The van der Waals surface area contributed by atoms with Crippen molar-refractivity contribution in [3.63, 3.8) is 0 Å². The predicted octanol–water partition coefficient (Wildman–Crippen LogP) is 0.120. The summed E-state index contributed by atoms with van der Waals surface area (Å²) in [6.07, 6.45) is 0. The average Bonchev–Trinajstić information content (AvgIpc) is 2.66. The Morgan fingerprint density at radius 1 is 1.31 bits per heavy atom. The van der Waals surface area contributed by atoms with Crippen LogP contribution in [0, 0.1) is 0 Å². The molecule has 1 aromatic carbocycles. The number of hydrogen-bond donors (Lipinski definition) is 1. The van der Waals surface area contributed by atoms with Gasteiger partial charge in [0.25, 0.3) is 5.56 Å². The van der Waals surface area contributed by atoms with Gasteiger partial charge in [-0.1, -0.05) is 23.9 Å². The summed E-state index contributed by atoms with van der Waals surface area (Å²) in [6.45, 7) is 1.75. The van der Waals surface area contributed by atoms with Crippen LogP contribution in [0.25, 0.3) is 0 Å². The van der Waals surface area contributed by atoms with E-state index in [9.17, 15) is 14.4 Å². The molecule has 0 spiro atoms. The van der Waals surface area contributed by atoms with Gasteiger partial charge in [0.1, 0.15) is 5.75 Å². The van der Waals surface area contributed by atoms with Gasteiger partial charge in [0.2, 0.25) is 5.91 Å². The van der Waals surface area contributed by atoms with Gasteiger partial charge in [-0.3, -0.25) is 14.2 Å². The van der Waals surface area contributed by atoms with Crippen molar-refractivity contribution in [1.82, 2.24) is 19.8 Å². The van der Waals surface area contributed by atoms with Crippen LogP contribution in [-0.4, -0.2) is 38.8 Å². The third-order valence-electron chi connectivity index (χ3n) is 3.48. The number of aryl methyl sites for hydroxylation is 1. The molecule has 2 rings (SSSR count). The first kappa shape index (κ1) is 19.4. The topological polar surface area (TPSA) is 108 Å². The molecule has 2 aromatic rings. The van der Waals surface area contributed by atoms with Gasteiger partial charge in [0.15, 0.2) is 5.03 Å². The maximum atomic E-state index is 12.0. The lowest BCUT2D eigenvalue weighted by molar-refractivity contribution is -0.118. The van der Waals surface area contributed by atoms with Crippen LogP contribution in [0.3, 0.4) is 0 Å². The second-order valence-electron chi connectivity index (χ2n) is 5.30. The summed E-state index contributed by atoms with van der Waals surface area (Å²) in [4.78, 5) is 35.5. The van der Waals surface area contributed by atoms with Crippen molar-refractivity contribution < 1.29 is 9.53 Å². The molecular formula is C16H19N5O4S. The maximum Gasteiger partial charge on any atom is 0.346 e. The summed E-state index contributed by atoms with van der Waals surface area (Å²) in [7, 11) is 4.35. The summed E-state index contributed by atoms with van der Waals surface area (Å²) in [5.41, 5.74) is 2.70. The minimum atomic E-state index is -0.542. The fourth-order valence-electron chi connectivity index (χ4n) is 2.08. The van der Waals surface area contributed by atoms with Crippen LogP contribution in [0.5, 0.6) is 5.75 Å². The van der Waals surface area contributed by atoms with Gasteiger partial charge in [-0.25, -0.2) is 14.9 Å². The molecule has 9 nitrogen and oxygen atoms in total. The number of amides is 1. The molecule has 0 aliphatic carbocycles. The van der Waals surface area contributed by atoms with Gasteiger partial charge in [0.05, 0.1) is 18.6 Å². The van der Waals surface area contributed by atoms with E-state index in [1.165, 1.54) is 14.1 Å². The third-order valence-corrected chi connectivity index (χ3v) is 4.41. The van der Waals surface area contributed by atoms with Crippen LogP contribution in [0.4, 0.5) is 0 Å². The Balaban J connectivity index is 2.04. The molecule has 0 saturated heterocycles. The van der Waals surface area contributed by atoms with Crippen molar-refractivity contribution in [2.75, 3.05) is 12.9 Å². The lowest BCUT2D eigenvalue weighted by Crippen LogP contribution is -2.39. The molecule has 1 amide bonds. The van der Waals surface area contributed by atoms with Gasteiger partial charge < -0.3 is 4.74 Å². The highest BCUT2D eigenvalue weighted by molar-refractivity contribution is 7.99. The van der Waals surface area contributed by atoms with Gasteiger partial charge in [-0.05, 0) is 19.1 Å². The van der Waals surface area contributed by atoms with E-state index in [2.05, 4.69) is 15.6 Å². The Kier molecular flexibility index (Phi) is 6.34. The number of ether oxygens (including phenoxy) is 1. The van der Waals surface area contributed by atoms with Crippen LogP contribution in [-0.2, 0) is 18.9 Å². The number of nitrogens with one attached hydrogen (secondary N) is 1. The highest BCUT2D eigenvalue weighted by atomic mass is 32.2. The van der Waals surface area contributed by atoms with E-state index in [1.54, 1.807) is 20.1 Å². The Bertz CT molecular complexity index is 964. The monoisotopic (exact) mass is 377 g/mol. The molecule has 10 heteroatoms. The number of benzene rings is 1. The van der Waals surface area contributed by atoms with Crippen molar-refractivity contribution >= 4 is 23.4 Å². The second kappa shape index (κ2) is 8.48. The van der Waals surface area contributed by atoms with Crippen molar-refractivity contribution in [2.45, 2.75) is 11.9 Å². The number of hydrogen-bond acceptors (Lipinski definition) is 7. The van der Waals surface area contributed by atoms with Crippen molar-refractivity contribution in [1.29, 1.82) is 0 Å². The molecule has 0 saturated carbocycles. The predicted molar refractivity (Wildman–Crippen MR) is 98.8 cm³/mol. The molecule has 1 heterocycles. The van der Waals surface area contributed by atoms with Crippen LogP contribution in [0.1, 0.15) is 12.5 Å². The largest absolute Gasteiger partial charge is 0.496 e. The van der Waals surface area contributed by atoms with E-state index < -0.39 is 17.2 Å². The first-order chi connectivity index (χ1) is 12.3. The average molecular weight is 377 g/mol. The number of carbonyl (C=O) groups is 1. The lowest BCUT2D eigenvalue weighted by atomic mass is 10.1. The Morgan fingerprint density at radius 2 is 2.00 bits per heavy atom. The van der Waals surface area contributed by atoms with Gasteiger partial charge in [-0.2, -0.15) is 10.2 Å². The van der Waals surface area contributed by atoms with E-state index in [0.29, 0.717) is 11.5 Å². The van der Waals surface area contributed by atoms with E-state index in [-0.39, 0.29) is 10.8 Å². The summed E-state index contributed by atoms with van der Waals surface area (Å²) in [6, 6.07) is 7.31. The van der Waals surface area contributed by atoms with E-state index in [1.807, 2.05) is 18.2 Å². The maximum absolute atomic E-state index is 12.0. The zero-order valence-electron chi connectivity index (χ0n) is 14.8. The molecule has 0 fully saturated rings. The summed E-state index contributed by atoms with van der Waals surface area (Å²) < 4.78 is 7.24. The molecule has 26 heavy (non-hydrogen) atoms. The summed E-state index contributed by atoms with van der Waals surface area (Å²) in [5, 5.41) is 7.99. The van der Waals surface area contributed by atoms with Crippen molar-refractivity contribution in [3.8, 4) is 5.75 Å². The highest BCUT2D eigenvalue weighted by Gasteiger charge is 2.12. The van der Waals surface area contributed by atoms with Crippen molar-refractivity contribution in [2.24, 2.45) is 19.2 Å². The number of methoxy groups -OCH3 is 1. The smallest absolute Gasteiger partial charge is 0.346 e. The zero-order valence-corrected chi connectivity index (χ0v) is 15.7. The molecule has 0 bridgehead atoms. The van der Waals surface area contributed by atoms with Crippen LogP contribution in [0.15, 0.2) is 44.0 Å². The third kappa shape index (κ3) is 4.39. The van der Waals surface area contributed by atoms with E-state index in [0.717, 1.165) is 26.6 Å². The first-order valence-corrected chi connectivity index (χ1v) is 8.57. The molecule has 0 aliphatic heterocycles. The number of thioether (sulfide) groups is 1. The SMILES string of the molecule is COc1ccccc1/C(C)=N\NC(=O)CSc1nn(C)c(=O)n(C)c1=O. The molecule has 0 unspecified atom stereocenters. The number of hydrazone groups is 1. The molecule has 0 radical (unpaired) electrons. The van der Waals surface area contributed by atoms with Crippen molar-refractivity contribution in [3.05, 3.63) is 50.7 Å². The molecule has 138 valence electrons. The summed E-state index contributed by atoms with van der Waals surface area (Å²) >= 11 is 0.937. The Morgan fingerprint density at radius 3 is 2.69 bits per heavy atom. The minimum absolute atomic E-state index is 0.0650. The van der Waals surface area contributed by atoms with E-state index in [4.69, 9.17) is 4.74 Å². The molecular weight excluding hydrogens is 358 g/mol. The normalized spacial score (nSPS) is 11.3. The number of rotatable bonds is 6. The number of para-hydroxylation sites is 1. The zero-order chi connectivity index (χ0) is 19.3. The molecule has 1 aromatic heterocycles. The number of carbonyl (C=O) groups excluding carboxylic acids is 1. The standard InChI is InChI=1S/C16H19N5O4S/c1-10(11-7-5-6-8-12(11)25-4)17-18-13(22)9-26-14-15(23)20(2)16(24)21(3)19-14/h5-8H,9H2,1-4H3,(H,18,22)/b17-10-. The Labute approximate surface area is 153 Å². The van der Waals surface area contributed by atoms with Crippen LogP contribution >= 0.6 is 11.8 Å². The molecule has 0 atom stereocenters. The minimum Gasteiger partial charge on any atom is -0.496 e. The molecule has 1 N–H and O–H groups in total. The summed E-state index contributed by atoms with van der Waals surface area (Å²) in [5.74, 6) is 0.181. The van der Waals surface area contributed by atoms with Crippen LogP contribution < -0.4 is 21.4 Å². The second-order valence-corrected chi connectivity index (χ2v) is 6.26. The fourth-order valence-corrected chi connectivity index (χ4v) is 2.85. The fraction of sp³-hybridized carbons (Fsp3) is 0.312. The first-order valence-electron chi connectivity index (χ1n) is 7.58. The van der Waals surface area contributed by atoms with E-state index >= 15 is 0 Å². The quantitative estimate of drug-likeness (QED) is 0.435. The number of nitrogens with zero attached hydrogens (tertiary/aromatic N) is 4. The number of aromatic nitrogens is 3. The van der Waals surface area contributed by atoms with Crippen LogP contribution in [0.2, 0.25) is 0 Å². The Hall–Kier alpha value is -2.88. The highest BCUT2D eigenvalue weighted by Crippen LogP contribution is 2.17. The van der Waals surface area contributed by atoms with Gasteiger partial charge >= 0.3 is 5.69 Å². The molecule has 0 aliphatic rings. The van der Waals surface area contributed by atoms with Gasteiger partial charge in [0, 0.05) is 19.7 Å².